The predicted octanol–water partition coefficient (Wildman–Crippen LogP) is 2.90. The molecule has 0 spiro atoms. The highest BCUT2D eigenvalue weighted by Crippen LogP contribution is 2.37. The van der Waals surface area contributed by atoms with Crippen LogP contribution in [-0.4, -0.2) is 46.7 Å². The zero-order valence-corrected chi connectivity index (χ0v) is 18.2. The largest absolute Gasteiger partial charge is 0.481 e. The molecular formula is C25H20N4O5. The van der Waals surface area contributed by atoms with Gasteiger partial charge in [0, 0.05) is 18.1 Å². The first-order valence-corrected chi connectivity index (χ1v) is 10.7. The lowest BCUT2D eigenvalue weighted by atomic mass is 10.0. The molecule has 1 atom stereocenters. The summed E-state index contributed by atoms with van der Waals surface area (Å²) in [5.41, 5.74) is 3.10. The molecule has 1 saturated heterocycles. The lowest BCUT2D eigenvalue weighted by Crippen LogP contribution is -2.54. The van der Waals surface area contributed by atoms with Crippen molar-refractivity contribution in [1.29, 1.82) is 0 Å². The normalized spacial score (nSPS) is 17.4. The van der Waals surface area contributed by atoms with Crippen molar-refractivity contribution in [3.63, 3.8) is 0 Å². The van der Waals surface area contributed by atoms with Gasteiger partial charge in [-0.3, -0.25) is 29.4 Å². The Balaban J connectivity index is 1.53. The number of aromatic nitrogens is 1. The number of amides is 4. The van der Waals surface area contributed by atoms with Crippen LogP contribution >= 0.6 is 0 Å². The van der Waals surface area contributed by atoms with Gasteiger partial charge in [0.2, 0.25) is 17.7 Å². The van der Waals surface area contributed by atoms with Crippen molar-refractivity contribution in [2.75, 3.05) is 12.4 Å². The van der Waals surface area contributed by atoms with Gasteiger partial charge in [0.25, 0.3) is 11.8 Å². The van der Waals surface area contributed by atoms with E-state index in [0.717, 1.165) is 16.0 Å². The van der Waals surface area contributed by atoms with Crippen LogP contribution in [0.1, 0.15) is 33.6 Å². The van der Waals surface area contributed by atoms with E-state index < -0.39 is 29.7 Å². The number of pyridine rings is 1. The SMILES string of the molecule is COc1cc(-c2ccccc2)c(Nc2cccc3c2C(=O)N(C2CCC(=O)NC2=O)C3=O)cn1. The van der Waals surface area contributed by atoms with E-state index in [1.54, 1.807) is 30.5 Å². The highest BCUT2D eigenvalue weighted by Gasteiger charge is 2.45. The van der Waals surface area contributed by atoms with E-state index in [0.29, 0.717) is 17.3 Å². The first-order valence-electron chi connectivity index (χ1n) is 10.7. The van der Waals surface area contributed by atoms with Gasteiger partial charge in [0.05, 0.1) is 35.8 Å². The summed E-state index contributed by atoms with van der Waals surface area (Å²) in [4.78, 5) is 55.6. The average molecular weight is 456 g/mol. The Bertz CT molecular complexity index is 1340. The van der Waals surface area contributed by atoms with Gasteiger partial charge >= 0.3 is 0 Å². The van der Waals surface area contributed by atoms with Crippen LogP contribution in [-0.2, 0) is 9.59 Å². The van der Waals surface area contributed by atoms with Gasteiger partial charge in [-0.05, 0) is 24.1 Å². The summed E-state index contributed by atoms with van der Waals surface area (Å²) < 4.78 is 5.28. The number of carbonyl (C=O) groups excluding carboxylic acids is 4. The van der Waals surface area contributed by atoms with E-state index in [2.05, 4.69) is 15.6 Å². The molecule has 9 nitrogen and oxygen atoms in total. The summed E-state index contributed by atoms with van der Waals surface area (Å²) >= 11 is 0. The van der Waals surface area contributed by atoms with Crippen LogP contribution in [0, 0.1) is 0 Å². The van der Waals surface area contributed by atoms with E-state index in [9.17, 15) is 19.2 Å². The lowest BCUT2D eigenvalue weighted by Gasteiger charge is -2.27. The number of nitrogens with zero attached hydrogens (tertiary/aromatic N) is 2. The number of rotatable bonds is 5. The number of fused-ring (bicyclic) bond motifs is 1. The van der Waals surface area contributed by atoms with Crippen molar-refractivity contribution in [1.82, 2.24) is 15.2 Å². The zero-order chi connectivity index (χ0) is 23.8. The Kier molecular flexibility index (Phi) is 5.29. The third-order valence-corrected chi connectivity index (χ3v) is 5.91. The molecule has 0 bridgehead atoms. The molecule has 2 aromatic carbocycles. The molecule has 1 aromatic heterocycles. The fraction of sp³-hybridized carbons (Fsp3) is 0.160. The Morgan fingerprint density at radius 2 is 1.76 bits per heavy atom. The highest BCUT2D eigenvalue weighted by atomic mass is 16.5. The number of carbonyl (C=O) groups is 4. The second-order valence-corrected chi connectivity index (χ2v) is 7.94. The van der Waals surface area contributed by atoms with Gasteiger partial charge in [-0.2, -0.15) is 0 Å². The first-order chi connectivity index (χ1) is 16.5. The molecule has 2 aliphatic heterocycles. The third-order valence-electron chi connectivity index (χ3n) is 5.91. The van der Waals surface area contributed by atoms with Crippen LogP contribution < -0.4 is 15.4 Å². The molecule has 4 amide bonds. The maximum absolute atomic E-state index is 13.4. The van der Waals surface area contributed by atoms with E-state index in [4.69, 9.17) is 4.74 Å². The van der Waals surface area contributed by atoms with E-state index in [-0.39, 0.29) is 24.0 Å². The van der Waals surface area contributed by atoms with Crippen LogP contribution in [0.2, 0.25) is 0 Å². The fourth-order valence-corrected chi connectivity index (χ4v) is 4.27. The fourth-order valence-electron chi connectivity index (χ4n) is 4.27. The van der Waals surface area contributed by atoms with Gasteiger partial charge in [-0.25, -0.2) is 4.98 Å². The molecule has 5 rings (SSSR count). The van der Waals surface area contributed by atoms with Crippen LogP contribution in [0.5, 0.6) is 5.88 Å². The highest BCUT2D eigenvalue weighted by molar-refractivity contribution is 6.25. The number of piperidine rings is 1. The van der Waals surface area contributed by atoms with Gasteiger partial charge < -0.3 is 10.1 Å². The molecule has 0 aliphatic carbocycles. The number of benzene rings is 2. The summed E-state index contributed by atoms with van der Waals surface area (Å²) in [6.07, 6.45) is 1.76. The molecular weight excluding hydrogens is 436 g/mol. The molecule has 170 valence electrons. The maximum atomic E-state index is 13.4. The monoisotopic (exact) mass is 456 g/mol. The van der Waals surface area contributed by atoms with Crippen LogP contribution in [0.4, 0.5) is 11.4 Å². The number of hydrogen-bond donors (Lipinski definition) is 2. The molecule has 3 heterocycles. The molecule has 2 N–H and O–H groups in total. The molecule has 1 fully saturated rings. The quantitative estimate of drug-likeness (QED) is 0.567. The average Bonchev–Trinajstić information content (AvgIpc) is 3.10. The lowest BCUT2D eigenvalue weighted by molar-refractivity contribution is -0.136. The smallest absolute Gasteiger partial charge is 0.264 e. The van der Waals surface area contributed by atoms with Crippen molar-refractivity contribution >= 4 is 35.0 Å². The van der Waals surface area contributed by atoms with Gasteiger partial charge in [0.15, 0.2) is 0 Å². The van der Waals surface area contributed by atoms with Crippen LogP contribution in [0.3, 0.4) is 0 Å². The number of anilines is 2. The maximum Gasteiger partial charge on any atom is 0.264 e. The summed E-state index contributed by atoms with van der Waals surface area (Å²) in [5.74, 6) is -1.78. The summed E-state index contributed by atoms with van der Waals surface area (Å²) in [6, 6.07) is 15.3. The Hall–Kier alpha value is -4.53. The number of imide groups is 2. The molecule has 0 saturated carbocycles. The van der Waals surface area contributed by atoms with Gasteiger partial charge in [-0.15, -0.1) is 0 Å². The van der Waals surface area contributed by atoms with Crippen LogP contribution in [0.25, 0.3) is 11.1 Å². The topological polar surface area (TPSA) is 118 Å². The first kappa shape index (κ1) is 21.3. The summed E-state index contributed by atoms with van der Waals surface area (Å²) in [5, 5.41) is 5.45. The van der Waals surface area contributed by atoms with E-state index >= 15 is 0 Å². The Morgan fingerprint density at radius 1 is 0.971 bits per heavy atom. The summed E-state index contributed by atoms with van der Waals surface area (Å²) in [7, 11) is 1.53. The molecule has 34 heavy (non-hydrogen) atoms. The summed E-state index contributed by atoms with van der Waals surface area (Å²) in [6.45, 7) is 0. The Morgan fingerprint density at radius 3 is 2.50 bits per heavy atom. The minimum atomic E-state index is -1.03. The molecule has 3 aromatic rings. The van der Waals surface area contributed by atoms with E-state index in [1.807, 2.05) is 30.3 Å². The standard InChI is InChI=1S/C25H20N4O5/c1-34-21-12-16(14-6-3-2-4-7-14)18(13-26-21)27-17-9-5-8-15-22(17)25(33)29(24(15)32)19-10-11-20(30)28-23(19)31/h2-9,12-13,19,27H,10-11H2,1H3,(H,28,30,31). The molecule has 9 heteroatoms. The Labute approximate surface area is 194 Å². The number of nitrogens with one attached hydrogen (secondary N) is 2. The van der Waals surface area contributed by atoms with Gasteiger partial charge in [-0.1, -0.05) is 36.4 Å². The van der Waals surface area contributed by atoms with Crippen molar-refractivity contribution in [3.8, 4) is 17.0 Å². The second kappa shape index (κ2) is 8.43. The van der Waals surface area contributed by atoms with Gasteiger partial charge in [0.1, 0.15) is 6.04 Å². The minimum absolute atomic E-state index is 0.0624. The number of ether oxygens (including phenoxy) is 1. The van der Waals surface area contributed by atoms with Crippen molar-refractivity contribution in [2.45, 2.75) is 18.9 Å². The third kappa shape index (κ3) is 3.57. The number of methoxy groups -OCH3 is 1. The van der Waals surface area contributed by atoms with Crippen molar-refractivity contribution in [3.05, 3.63) is 71.9 Å². The molecule has 2 aliphatic rings. The van der Waals surface area contributed by atoms with Crippen molar-refractivity contribution in [2.24, 2.45) is 0 Å². The minimum Gasteiger partial charge on any atom is -0.481 e. The zero-order valence-electron chi connectivity index (χ0n) is 18.2. The second-order valence-electron chi connectivity index (χ2n) is 7.94. The number of hydrogen-bond acceptors (Lipinski definition) is 7. The van der Waals surface area contributed by atoms with E-state index in [1.165, 1.54) is 7.11 Å². The predicted molar refractivity (Wildman–Crippen MR) is 123 cm³/mol. The molecule has 0 radical (unpaired) electrons. The molecule has 1 unspecified atom stereocenters. The van der Waals surface area contributed by atoms with Crippen LogP contribution in [0.15, 0.2) is 60.8 Å². The van der Waals surface area contributed by atoms with Crippen molar-refractivity contribution < 1.29 is 23.9 Å².